The third kappa shape index (κ3) is 2.91. The summed E-state index contributed by atoms with van der Waals surface area (Å²) in [6.45, 7) is -0.349. The zero-order valence-electron chi connectivity index (χ0n) is 10.5. The van der Waals surface area contributed by atoms with Gasteiger partial charge in [-0.25, -0.2) is 0 Å². The summed E-state index contributed by atoms with van der Waals surface area (Å²) < 4.78 is 0. The lowest BCUT2D eigenvalue weighted by Crippen LogP contribution is -2.15. The molecule has 1 aromatic rings. The number of aliphatic carboxylic acids is 1. The van der Waals surface area contributed by atoms with E-state index in [-0.39, 0.29) is 6.61 Å². The Bertz CT molecular complexity index is 391. The SMILES string of the molecule is O=C(O)C(CO)c1ccc(C2CCCCC2)cc1. The van der Waals surface area contributed by atoms with E-state index in [4.69, 9.17) is 10.2 Å². The minimum absolute atomic E-state index is 0.349. The summed E-state index contributed by atoms with van der Waals surface area (Å²) in [7, 11) is 0. The Hall–Kier alpha value is -1.35. The van der Waals surface area contributed by atoms with Gasteiger partial charge in [-0.15, -0.1) is 0 Å². The molecule has 0 radical (unpaired) electrons. The maximum atomic E-state index is 11.0. The van der Waals surface area contributed by atoms with E-state index < -0.39 is 11.9 Å². The zero-order chi connectivity index (χ0) is 13.0. The predicted octanol–water partition coefficient (Wildman–Crippen LogP) is 2.89. The molecule has 98 valence electrons. The molecular weight excluding hydrogens is 228 g/mol. The molecule has 1 unspecified atom stereocenters. The number of hydrogen-bond acceptors (Lipinski definition) is 2. The zero-order valence-corrected chi connectivity index (χ0v) is 10.5. The molecule has 3 nitrogen and oxygen atoms in total. The fourth-order valence-electron chi connectivity index (χ4n) is 2.76. The molecule has 0 spiro atoms. The maximum Gasteiger partial charge on any atom is 0.313 e. The molecule has 18 heavy (non-hydrogen) atoms. The van der Waals surface area contributed by atoms with Gasteiger partial charge in [0.25, 0.3) is 0 Å². The standard InChI is InChI=1S/C15H20O3/c16-10-14(15(17)18)13-8-6-12(7-9-13)11-4-2-1-3-5-11/h6-9,11,14,16H,1-5,10H2,(H,17,18). The maximum absolute atomic E-state index is 11.0. The van der Waals surface area contributed by atoms with E-state index in [1.807, 2.05) is 24.3 Å². The number of carboxylic acid groups (broad SMARTS) is 1. The van der Waals surface area contributed by atoms with Gasteiger partial charge in [0.15, 0.2) is 0 Å². The van der Waals surface area contributed by atoms with E-state index in [0.29, 0.717) is 11.5 Å². The quantitative estimate of drug-likeness (QED) is 0.861. The van der Waals surface area contributed by atoms with Crippen LogP contribution in [-0.2, 0) is 4.79 Å². The second-order valence-corrected chi connectivity index (χ2v) is 5.07. The molecular formula is C15H20O3. The topological polar surface area (TPSA) is 57.5 Å². The summed E-state index contributed by atoms with van der Waals surface area (Å²) in [5.41, 5.74) is 1.99. The second kappa shape index (κ2) is 6.01. The summed E-state index contributed by atoms with van der Waals surface area (Å²) in [4.78, 5) is 11.0. The molecule has 1 aromatic carbocycles. The predicted molar refractivity (Wildman–Crippen MR) is 69.7 cm³/mol. The first-order chi connectivity index (χ1) is 8.72. The minimum Gasteiger partial charge on any atom is -0.481 e. The van der Waals surface area contributed by atoms with Crippen LogP contribution in [-0.4, -0.2) is 22.8 Å². The molecule has 0 amide bonds. The van der Waals surface area contributed by atoms with Crippen LogP contribution in [0.25, 0.3) is 0 Å². The number of aliphatic hydroxyl groups is 1. The number of carboxylic acids is 1. The molecule has 1 atom stereocenters. The van der Waals surface area contributed by atoms with Gasteiger partial charge in [0, 0.05) is 0 Å². The number of benzene rings is 1. The molecule has 0 saturated heterocycles. The van der Waals surface area contributed by atoms with Gasteiger partial charge in [-0.3, -0.25) is 4.79 Å². The van der Waals surface area contributed by atoms with E-state index in [1.165, 1.54) is 37.7 Å². The largest absolute Gasteiger partial charge is 0.481 e. The Morgan fingerprint density at radius 1 is 1.17 bits per heavy atom. The van der Waals surface area contributed by atoms with Gasteiger partial charge in [0.05, 0.1) is 6.61 Å². The highest BCUT2D eigenvalue weighted by molar-refractivity contribution is 5.76. The fourth-order valence-corrected chi connectivity index (χ4v) is 2.76. The molecule has 1 fully saturated rings. The minimum atomic E-state index is -0.970. The van der Waals surface area contributed by atoms with Gasteiger partial charge in [-0.2, -0.15) is 0 Å². The van der Waals surface area contributed by atoms with Gasteiger partial charge >= 0.3 is 5.97 Å². The molecule has 2 rings (SSSR count). The Labute approximate surface area is 107 Å². The van der Waals surface area contributed by atoms with E-state index in [0.717, 1.165) is 0 Å². The smallest absolute Gasteiger partial charge is 0.313 e. The van der Waals surface area contributed by atoms with Crippen LogP contribution in [0.2, 0.25) is 0 Å². The first-order valence-corrected chi connectivity index (χ1v) is 6.66. The summed E-state index contributed by atoms with van der Waals surface area (Å²) in [6, 6.07) is 7.74. The van der Waals surface area contributed by atoms with Gasteiger partial charge < -0.3 is 10.2 Å². The van der Waals surface area contributed by atoms with Crippen molar-refractivity contribution >= 4 is 5.97 Å². The van der Waals surface area contributed by atoms with Crippen LogP contribution >= 0.6 is 0 Å². The third-order valence-corrected chi connectivity index (χ3v) is 3.90. The molecule has 0 heterocycles. The first-order valence-electron chi connectivity index (χ1n) is 6.66. The van der Waals surface area contributed by atoms with Crippen molar-refractivity contribution in [3.8, 4) is 0 Å². The van der Waals surface area contributed by atoms with Crippen molar-refractivity contribution in [1.82, 2.24) is 0 Å². The Kier molecular flexibility index (Phi) is 4.37. The van der Waals surface area contributed by atoms with Gasteiger partial charge in [0.1, 0.15) is 5.92 Å². The van der Waals surface area contributed by atoms with E-state index in [1.54, 1.807) is 0 Å². The van der Waals surface area contributed by atoms with Crippen molar-refractivity contribution in [2.24, 2.45) is 0 Å². The van der Waals surface area contributed by atoms with Gasteiger partial charge in [-0.1, -0.05) is 43.5 Å². The lowest BCUT2D eigenvalue weighted by Gasteiger charge is -2.22. The normalized spacial score (nSPS) is 18.5. The highest BCUT2D eigenvalue weighted by Gasteiger charge is 2.20. The average molecular weight is 248 g/mol. The summed E-state index contributed by atoms with van der Waals surface area (Å²) in [6.07, 6.45) is 6.39. The first kappa shape index (κ1) is 13.1. The summed E-state index contributed by atoms with van der Waals surface area (Å²) >= 11 is 0. The summed E-state index contributed by atoms with van der Waals surface area (Å²) in [5.74, 6) is -1.14. The Morgan fingerprint density at radius 2 is 1.78 bits per heavy atom. The van der Waals surface area contributed by atoms with Crippen LogP contribution in [0.3, 0.4) is 0 Å². The van der Waals surface area contributed by atoms with E-state index >= 15 is 0 Å². The van der Waals surface area contributed by atoms with Crippen molar-refractivity contribution in [2.75, 3.05) is 6.61 Å². The number of hydrogen-bond donors (Lipinski definition) is 2. The monoisotopic (exact) mass is 248 g/mol. The highest BCUT2D eigenvalue weighted by Crippen LogP contribution is 2.33. The Morgan fingerprint density at radius 3 is 2.28 bits per heavy atom. The van der Waals surface area contributed by atoms with Crippen molar-refractivity contribution in [3.05, 3.63) is 35.4 Å². The number of rotatable bonds is 4. The van der Waals surface area contributed by atoms with Crippen LogP contribution in [0.1, 0.15) is 55.1 Å². The van der Waals surface area contributed by atoms with Gasteiger partial charge in [0.2, 0.25) is 0 Å². The van der Waals surface area contributed by atoms with Gasteiger partial charge in [-0.05, 0) is 29.9 Å². The molecule has 2 N–H and O–H groups in total. The van der Waals surface area contributed by atoms with Crippen LogP contribution < -0.4 is 0 Å². The van der Waals surface area contributed by atoms with Crippen LogP contribution in [0, 0.1) is 0 Å². The van der Waals surface area contributed by atoms with E-state index in [2.05, 4.69) is 0 Å². The van der Waals surface area contributed by atoms with Crippen LogP contribution in [0.5, 0.6) is 0 Å². The molecule has 1 saturated carbocycles. The number of carbonyl (C=O) groups is 1. The van der Waals surface area contributed by atoms with Crippen molar-refractivity contribution in [1.29, 1.82) is 0 Å². The highest BCUT2D eigenvalue weighted by atomic mass is 16.4. The molecule has 0 bridgehead atoms. The van der Waals surface area contributed by atoms with E-state index in [9.17, 15) is 4.79 Å². The molecule has 0 aromatic heterocycles. The van der Waals surface area contributed by atoms with Crippen LogP contribution in [0.15, 0.2) is 24.3 Å². The molecule has 1 aliphatic rings. The lowest BCUT2D eigenvalue weighted by molar-refractivity contribution is -0.139. The van der Waals surface area contributed by atoms with Crippen molar-refractivity contribution in [2.45, 2.75) is 43.9 Å². The van der Waals surface area contributed by atoms with Crippen molar-refractivity contribution < 1.29 is 15.0 Å². The fraction of sp³-hybridized carbons (Fsp3) is 0.533. The molecule has 3 heteroatoms. The number of aliphatic hydroxyl groups excluding tert-OH is 1. The third-order valence-electron chi connectivity index (χ3n) is 3.90. The molecule has 0 aliphatic heterocycles. The average Bonchev–Trinajstić information content (AvgIpc) is 2.41. The lowest BCUT2D eigenvalue weighted by atomic mass is 9.83. The second-order valence-electron chi connectivity index (χ2n) is 5.07. The summed E-state index contributed by atoms with van der Waals surface area (Å²) in [5, 5.41) is 18.1. The van der Waals surface area contributed by atoms with Crippen LogP contribution in [0.4, 0.5) is 0 Å². The van der Waals surface area contributed by atoms with Crippen molar-refractivity contribution in [3.63, 3.8) is 0 Å². The Balaban J connectivity index is 2.11. The molecule has 1 aliphatic carbocycles.